The molecule has 1 nitrogen and oxygen atoms in total. The van der Waals surface area contributed by atoms with Gasteiger partial charge in [0.15, 0.2) is 0 Å². The van der Waals surface area contributed by atoms with Crippen LogP contribution >= 0.6 is 37.8 Å². The average molecular weight is 340 g/mol. The van der Waals surface area contributed by atoms with Crippen LogP contribution in [0.4, 0.5) is 0 Å². The fourth-order valence-corrected chi connectivity index (χ4v) is 2.55. The number of halogens is 2. The molecule has 1 aromatic rings. The molecule has 0 aliphatic carbocycles. The normalized spacial score (nSPS) is 13.6. The maximum Gasteiger partial charge on any atom is 0.140 e. The first-order valence-electron chi connectivity index (χ1n) is 5.44. The van der Waals surface area contributed by atoms with E-state index in [1.54, 1.807) is 0 Å². The third kappa shape index (κ3) is 3.80. The van der Waals surface area contributed by atoms with Gasteiger partial charge in [-0.05, 0) is 39.3 Å². The van der Waals surface area contributed by atoms with Gasteiger partial charge in [0.05, 0.1) is 0 Å². The molecule has 0 bridgehead atoms. The molecule has 0 spiro atoms. The molecular formula is C13H20BrClOS. The van der Waals surface area contributed by atoms with E-state index in [4.69, 9.17) is 15.8 Å². The van der Waals surface area contributed by atoms with Gasteiger partial charge in [0, 0.05) is 26.7 Å². The third-order valence-electron chi connectivity index (χ3n) is 2.95. The molecule has 1 aromatic carbocycles. The highest BCUT2D eigenvalue weighted by Gasteiger charge is 2.30. The quantitative estimate of drug-likeness (QED) is 0.671. The van der Waals surface area contributed by atoms with Crippen molar-refractivity contribution in [1.82, 2.24) is 0 Å². The van der Waals surface area contributed by atoms with E-state index in [0.29, 0.717) is 5.02 Å². The molecule has 17 heavy (non-hydrogen) atoms. The van der Waals surface area contributed by atoms with Crippen LogP contribution < -0.4 is 4.18 Å². The number of hydrogen-bond donors (Lipinski definition) is 0. The zero-order valence-electron chi connectivity index (χ0n) is 11.0. The largest absolute Gasteiger partial charge is 0.449 e. The van der Waals surface area contributed by atoms with Gasteiger partial charge in [0.1, 0.15) is 5.75 Å². The van der Waals surface area contributed by atoms with Crippen LogP contribution in [0.15, 0.2) is 18.2 Å². The van der Waals surface area contributed by atoms with E-state index < -0.39 is 10.3 Å². The molecule has 98 valence electrons. The number of benzene rings is 1. The first-order chi connectivity index (χ1) is 7.67. The third-order valence-corrected chi connectivity index (χ3v) is 7.33. The smallest absolute Gasteiger partial charge is 0.140 e. The summed E-state index contributed by atoms with van der Waals surface area (Å²) in [5.41, 5.74) is 1.14. The summed E-state index contributed by atoms with van der Waals surface area (Å²) in [4.78, 5) is 0. The number of rotatable bonds is 3. The van der Waals surface area contributed by atoms with Crippen LogP contribution in [0.25, 0.3) is 0 Å². The second kappa shape index (κ2) is 5.41. The van der Waals surface area contributed by atoms with Crippen molar-refractivity contribution in [2.24, 2.45) is 0 Å². The van der Waals surface area contributed by atoms with E-state index in [0.717, 1.165) is 16.6 Å². The van der Waals surface area contributed by atoms with Gasteiger partial charge in [0.25, 0.3) is 0 Å². The van der Waals surface area contributed by atoms with Gasteiger partial charge in [-0.25, -0.2) is 0 Å². The van der Waals surface area contributed by atoms with E-state index >= 15 is 0 Å². The van der Waals surface area contributed by atoms with Crippen molar-refractivity contribution < 1.29 is 4.18 Å². The fraction of sp³-hybridized carbons (Fsp3) is 0.538. The fourth-order valence-electron chi connectivity index (χ4n) is 1.07. The Kier molecular flexibility index (Phi) is 4.84. The lowest BCUT2D eigenvalue weighted by Gasteiger charge is -2.44. The first-order valence-corrected chi connectivity index (χ1v) is 9.31. The standard InChI is InChI=1S/C13H20BrClOS/c1-13(2,3)17(4,5)16-12-8-11(15)7-6-10(12)9-14/h6-8H,9H2,1-5H3. The topological polar surface area (TPSA) is 9.23 Å². The minimum absolute atomic E-state index is 0.138. The van der Waals surface area contributed by atoms with Crippen LogP contribution in [0.1, 0.15) is 26.3 Å². The summed E-state index contributed by atoms with van der Waals surface area (Å²) in [7, 11) is -1.18. The van der Waals surface area contributed by atoms with Gasteiger partial charge >= 0.3 is 0 Å². The van der Waals surface area contributed by atoms with E-state index in [2.05, 4.69) is 49.2 Å². The average Bonchev–Trinajstić information content (AvgIpc) is 2.15. The second-order valence-corrected chi connectivity index (χ2v) is 10.2. The molecule has 0 atom stereocenters. The molecule has 0 radical (unpaired) electrons. The Bertz CT molecular complexity index is 399. The molecule has 0 unspecified atom stereocenters. The second-order valence-electron chi connectivity index (χ2n) is 5.31. The maximum atomic E-state index is 6.24. The van der Waals surface area contributed by atoms with Crippen molar-refractivity contribution in [1.29, 1.82) is 0 Å². The van der Waals surface area contributed by atoms with Gasteiger partial charge in [0.2, 0.25) is 0 Å². The van der Waals surface area contributed by atoms with Crippen molar-refractivity contribution in [3.05, 3.63) is 28.8 Å². The van der Waals surface area contributed by atoms with Gasteiger partial charge in [-0.1, -0.05) is 43.9 Å². The molecule has 0 aromatic heterocycles. The lowest BCUT2D eigenvalue weighted by atomic mass is 10.2. The predicted molar refractivity (Wildman–Crippen MR) is 83.9 cm³/mol. The van der Waals surface area contributed by atoms with Crippen LogP contribution in [0.3, 0.4) is 0 Å². The summed E-state index contributed by atoms with van der Waals surface area (Å²) in [6, 6.07) is 5.80. The Hall–Kier alpha value is 0.140. The molecular weight excluding hydrogens is 320 g/mol. The Balaban J connectivity index is 3.06. The van der Waals surface area contributed by atoms with Crippen molar-refractivity contribution in [2.45, 2.75) is 30.8 Å². The van der Waals surface area contributed by atoms with Gasteiger partial charge < -0.3 is 4.18 Å². The van der Waals surface area contributed by atoms with E-state index in [-0.39, 0.29) is 4.75 Å². The summed E-state index contributed by atoms with van der Waals surface area (Å²) in [6.45, 7) is 6.63. The Labute approximate surface area is 120 Å². The van der Waals surface area contributed by atoms with Crippen molar-refractivity contribution in [3.63, 3.8) is 0 Å². The molecule has 0 amide bonds. The van der Waals surface area contributed by atoms with E-state index in [9.17, 15) is 0 Å². The highest BCUT2D eigenvalue weighted by atomic mass is 79.9. The van der Waals surface area contributed by atoms with Crippen LogP contribution in [0.2, 0.25) is 5.02 Å². The monoisotopic (exact) mass is 338 g/mol. The number of alkyl halides is 1. The maximum absolute atomic E-state index is 6.24. The minimum Gasteiger partial charge on any atom is -0.449 e. The van der Waals surface area contributed by atoms with Crippen LogP contribution in [-0.4, -0.2) is 17.3 Å². The van der Waals surface area contributed by atoms with E-state index in [1.165, 1.54) is 0 Å². The summed E-state index contributed by atoms with van der Waals surface area (Å²) in [6.07, 6.45) is 4.37. The summed E-state index contributed by atoms with van der Waals surface area (Å²) >= 11 is 9.51. The van der Waals surface area contributed by atoms with Crippen LogP contribution in [-0.2, 0) is 5.33 Å². The molecule has 0 aliphatic heterocycles. The summed E-state index contributed by atoms with van der Waals surface area (Å²) < 4.78 is 6.38. The van der Waals surface area contributed by atoms with Crippen molar-refractivity contribution in [2.75, 3.05) is 12.5 Å². The lowest BCUT2D eigenvalue weighted by Crippen LogP contribution is -2.27. The van der Waals surface area contributed by atoms with Gasteiger partial charge in [-0.15, -0.1) is 0 Å². The molecule has 1 rings (SSSR count). The van der Waals surface area contributed by atoms with Crippen LogP contribution in [0.5, 0.6) is 5.75 Å². The first kappa shape index (κ1) is 15.2. The SMILES string of the molecule is CC(C)(C)S(C)(C)Oc1cc(Cl)ccc1CBr. The Morgan fingerprint density at radius 3 is 2.35 bits per heavy atom. The molecule has 4 heteroatoms. The number of hydrogen-bond acceptors (Lipinski definition) is 1. The van der Waals surface area contributed by atoms with Gasteiger partial charge in [-0.2, -0.15) is 0 Å². The van der Waals surface area contributed by atoms with E-state index in [1.807, 2.05) is 18.2 Å². The summed E-state index contributed by atoms with van der Waals surface area (Å²) in [5.74, 6) is 0.893. The molecule has 0 saturated heterocycles. The molecule has 0 fully saturated rings. The zero-order valence-corrected chi connectivity index (χ0v) is 14.2. The molecule has 0 aliphatic rings. The highest BCUT2D eigenvalue weighted by Crippen LogP contribution is 2.54. The summed E-state index contributed by atoms with van der Waals surface area (Å²) in [5, 5.41) is 1.49. The zero-order chi connectivity index (χ0) is 13.3. The molecule has 0 saturated carbocycles. The Morgan fingerprint density at radius 2 is 1.88 bits per heavy atom. The molecule has 0 N–H and O–H groups in total. The van der Waals surface area contributed by atoms with Gasteiger partial charge in [-0.3, -0.25) is 0 Å². The predicted octanol–water partition coefficient (Wildman–Crippen LogP) is 5.39. The molecule has 0 heterocycles. The lowest BCUT2D eigenvalue weighted by molar-refractivity contribution is 0.582. The van der Waals surface area contributed by atoms with Crippen LogP contribution in [0, 0.1) is 0 Å². The highest BCUT2D eigenvalue weighted by molar-refractivity contribution is 9.08. The van der Waals surface area contributed by atoms with Crippen molar-refractivity contribution in [3.8, 4) is 5.75 Å². The minimum atomic E-state index is -1.18. The van der Waals surface area contributed by atoms with Crippen molar-refractivity contribution >= 4 is 37.8 Å². The Morgan fingerprint density at radius 1 is 1.29 bits per heavy atom.